The fraction of sp³-hybridized carbons (Fsp3) is 0.467. The molecule has 0 spiro atoms. The van der Waals surface area contributed by atoms with Gasteiger partial charge >= 0.3 is 0 Å². The van der Waals surface area contributed by atoms with Gasteiger partial charge in [-0.3, -0.25) is 0 Å². The largest absolute Gasteiger partial charge is 0.462 e. The van der Waals surface area contributed by atoms with Crippen molar-refractivity contribution in [1.29, 1.82) is 0 Å². The van der Waals surface area contributed by atoms with Crippen molar-refractivity contribution in [2.45, 2.75) is 32.9 Å². The highest BCUT2D eigenvalue weighted by Gasteiger charge is 2.14. The van der Waals surface area contributed by atoms with Crippen LogP contribution in [0, 0.1) is 0 Å². The molecule has 0 aliphatic carbocycles. The number of thiazole rings is 1. The van der Waals surface area contributed by atoms with Crippen LogP contribution in [0.4, 0.5) is 5.82 Å². The molecule has 0 atom stereocenters. The number of H-pyrrole nitrogens is 1. The minimum absolute atomic E-state index is 0.114. The summed E-state index contributed by atoms with van der Waals surface area (Å²) in [7, 11) is 0. The number of rotatable bonds is 7. The molecule has 0 unspecified atom stereocenters. The summed E-state index contributed by atoms with van der Waals surface area (Å²) in [4.78, 5) is 19.9. The van der Waals surface area contributed by atoms with Gasteiger partial charge in [0.05, 0.1) is 18.8 Å². The summed E-state index contributed by atoms with van der Waals surface area (Å²) in [6.07, 6.45) is 1.76. The molecular weight excluding hydrogens is 364 g/mol. The maximum atomic E-state index is 5.98. The first-order valence-electron chi connectivity index (χ1n) is 7.73. The maximum absolute atomic E-state index is 5.98. The van der Waals surface area contributed by atoms with Crippen LogP contribution in [0.2, 0.25) is 5.28 Å². The van der Waals surface area contributed by atoms with Gasteiger partial charge in [-0.1, -0.05) is 0 Å². The summed E-state index contributed by atoms with van der Waals surface area (Å²) >= 11 is 7.54. The molecule has 0 amide bonds. The molecule has 0 saturated carbocycles. The number of aromatic amines is 1. The van der Waals surface area contributed by atoms with Crippen LogP contribution < -0.4 is 10.1 Å². The van der Waals surface area contributed by atoms with Crippen LogP contribution in [0.25, 0.3) is 11.2 Å². The Morgan fingerprint density at radius 2 is 2.08 bits per heavy atom. The fourth-order valence-corrected chi connectivity index (χ4v) is 2.75. The summed E-state index contributed by atoms with van der Waals surface area (Å²) in [6, 6.07) is 0.348. The van der Waals surface area contributed by atoms with Crippen molar-refractivity contribution in [3.8, 4) is 6.01 Å². The van der Waals surface area contributed by atoms with E-state index in [4.69, 9.17) is 21.1 Å². The predicted octanol–water partition coefficient (Wildman–Crippen LogP) is 3.27. The number of nitrogens with zero attached hydrogens (tertiary/aromatic N) is 4. The van der Waals surface area contributed by atoms with Gasteiger partial charge in [-0.25, -0.2) is 4.98 Å². The molecule has 3 rings (SSSR count). The van der Waals surface area contributed by atoms with Crippen LogP contribution in [-0.2, 0) is 11.3 Å². The molecule has 8 nitrogen and oxygen atoms in total. The van der Waals surface area contributed by atoms with Crippen molar-refractivity contribution in [2.75, 3.05) is 18.5 Å². The molecule has 0 aromatic carbocycles. The monoisotopic (exact) mass is 382 g/mol. The summed E-state index contributed by atoms with van der Waals surface area (Å²) in [5.41, 5.74) is 0.865. The summed E-state index contributed by atoms with van der Waals surface area (Å²) in [5.74, 6) is 0.554. The van der Waals surface area contributed by atoms with E-state index in [1.807, 2.05) is 26.2 Å². The zero-order chi connectivity index (χ0) is 17.9. The number of fused-ring (bicyclic) bond motifs is 1. The first-order valence-corrected chi connectivity index (χ1v) is 8.99. The number of hydrogen-bond acceptors (Lipinski definition) is 8. The van der Waals surface area contributed by atoms with E-state index in [2.05, 4.69) is 30.2 Å². The summed E-state index contributed by atoms with van der Waals surface area (Å²) in [5, 5.41) is 6.17. The average Bonchev–Trinajstić information content (AvgIpc) is 3.17. The minimum Gasteiger partial charge on any atom is -0.462 e. The van der Waals surface area contributed by atoms with Crippen LogP contribution >= 0.6 is 22.9 Å². The minimum atomic E-state index is -0.205. The van der Waals surface area contributed by atoms with E-state index in [0.717, 1.165) is 5.01 Å². The molecule has 2 N–H and O–H groups in total. The molecule has 0 aliphatic heterocycles. The second-order valence-corrected chi connectivity index (χ2v) is 7.49. The van der Waals surface area contributed by atoms with Crippen LogP contribution in [0.3, 0.4) is 0 Å². The molecule has 134 valence electrons. The number of imidazole rings is 1. The Labute approximate surface area is 154 Å². The molecule has 0 radical (unpaired) electrons. The average molecular weight is 383 g/mol. The highest BCUT2D eigenvalue weighted by Crippen LogP contribution is 2.23. The Morgan fingerprint density at radius 3 is 2.80 bits per heavy atom. The SMILES string of the molecule is CC(C)(C)OCCOc1nc2nc(Cl)nc(NCc3nccs3)c2[nH]1. The third kappa shape index (κ3) is 5.00. The first-order chi connectivity index (χ1) is 11.9. The normalized spacial score (nSPS) is 11.8. The lowest BCUT2D eigenvalue weighted by molar-refractivity contribution is -0.0172. The molecule has 10 heteroatoms. The second kappa shape index (κ2) is 7.51. The number of anilines is 1. The topological polar surface area (TPSA) is 97.8 Å². The van der Waals surface area contributed by atoms with E-state index in [1.54, 1.807) is 17.5 Å². The second-order valence-electron chi connectivity index (χ2n) is 6.17. The standard InChI is InChI=1S/C15H19ClN6O2S/c1-15(2,3)24-6-5-23-14-19-10-11(18-8-9-17-4-7-25-9)20-13(16)21-12(10)22-14/h4,7H,5-6,8H2,1-3H3,(H2,18,19,20,21,22). The number of nitrogens with one attached hydrogen (secondary N) is 2. The Bertz CT molecular complexity index is 831. The number of ether oxygens (including phenoxy) is 2. The van der Waals surface area contributed by atoms with Crippen LogP contribution in [0.15, 0.2) is 11.6 Å². The third-order valence-corrected chi connectivity index (χ3v) is 4.00. The molecule has 25 heavy (non-hydrogen) atoms. The zero-order valence-electron chi connectivity index (χ0n) is 14.2. The molecule has 3 aromatic heterocycles. The van der Waals surface area contributed by atoms with Gasteiger partial charge in [-0.2, -0.15) is 15.0 Å². The van der Waals surface area contributed by atoms with E-state index in [-0.39, 0.29) is 10.9 Å². The smallest absolute Gasteiger partial charge is 0.296 e. The van der Waals surface area contributed by atoms with Gasteiger partial charge in [0.2, 0.25) is 5.28 Å². The lowest BCUT2D eigenvalue weighted by Gasteiger charge is -2.19. The van der Waals surface area contributed by atoms with E-state index in [9.17, 15) is 0 Å². The number of halogens is 1. The van der Waals surface area contributed by atoms with Gasteiger partial charge in [0.15, 0.2) is 11.5 Å². The Morgan fingerprint density at radius 1 is 1.24 bits per heavy atom. The quantitative estimate of drug-likeness (QED) is 0.478. The zero-order valence-corrected chi connectivity index (χ0v) is 15.7. The van der Waals surface area contributed by atoms with Crippen molar-refractivity contribution in [2.24, 2.45) is 0 Å². The van der Waals surface area contributed by atoms with Gasteiger partial charge < -0.3 is 19.8 Å². The van der Waals surface area contributed by atoms with Crippen molar-refractivity contribution in [3.63, 3.8) is 0 Å². The summed E-state index contributed by atoms with van der Waals surface area (Å²) in [6.45, 7) is 7.35. The fourth-order valence-electron chi connectivity index (χ4n) is 2.03. The highest BCUT2D eigenvalue weighted by atomic mass is 35.5. The van der Waals surface area contributed by atoms with Crippen molar-refractivity contribution < 1.29 is 9.47 Å². The molecule has 0 aliphatic rings. The van der Waals surface area contributed by atoms with Crippen molar-refractivity contribution in [1.82, 2.24) is 24.9 Å². The number of aromatic nitrogens is 5. The lowest BCUT2D eigenvalue weighted by atomic mass is 10.2. The molecule has 0 bridgehead atoms. The highest BCUT2D eigenvalue weighted by molar-refractivity contribution is 7.09. The Hall–Kier alpha value is -1.97. The Balaban J connectivity index is 1.69. The first kappa shape index (κ1) is 17.8. The van der Waals surface area contributed by atoms with Gasteiger partial charge in [0.1, 0.15) is 17.1 Å². The van der Waals surface area contributed by atoms with Gasteiger partial charge in [0, 0.05) is 11.6 Å². The van der Waals surface area contributed by atoms with Crippen LogP contribution in [0.5, 0.6) is 6.01 Å². The molecular formula is C15H19ClN6O2S. The number of hydrogen-bond donors (Lipinski definition) is 2. The summed E-state index contributed by atoms with van der Waals surface area (Å²) < 4.78 is 11.2. The van der Waals surface area contributed by atoms with Crippen molar-refractivity contribution >= 4 is 39.9 Å². The van der Waals surface area contributed by atoms with E-state index in [1.165, 1.54) is 0 Å². The van der Waals surface area contributed by atoms with E-state index in [0.29, 0.717) is 42.8 Å². The lowest BCUT2D eigenvalue weighted by Crippen LogP contribution is -2.22. The molecule has 3 aromatic rings. The van der Waals surface area contributed by atoms with E-state index < -0.39 is 0 Å². The maximum Gasteiger partial charge on any atom is 0.296 e. The van der Waals surface area contributed by atoms with Crippen LogP contribution in [0.1, 0.15) is 25.8 Å². The predicted molar refractivity (Wildman–Crippen MR) is 97.3 cm³/mol. The molecule has 0 fully saturated rings. The van der Waals surface area contributed by atoms with Crippen LogP contribution in [-0.4, -0.2) is 43.7 Å². The van der Waals surface area contributed by atoms with Gasteiger partial charge in [-0.15, -0.1) is 11.3 Å². The molecule has 0 saturated heterocycles. The third-order valence-electron chi connectivity index (χ3n) is 3.05. The van der Waals surface area contributed by atoms with Gasteiger partial charge in [-0.05, 0) is 32.4 Å². The Kier molecular flexibility index (Phi) is 5.36. The van der Waals surface area contributed by atoms with Gasteiger partial charge in [0.25, 0.3) is 6.01 Å². The molecule has 3 heterocycles. The van der Waals surface area contributed by atoms with Crippen molar-refractivity contribution in [3.05, 3.63) is 21.9 Å². The van der Waals surface area contributed by atoms with E-state index >= 15 is 0 Å².